The predicted octanol–water partition coefficient (Wildman–Crippen LogP) is 3.77. The number of guanidine groups is 1. The maximum atomic E-state index is 6.06. The Morgan fingerprint density at radius 3 is 2.45 bits per heavy atom. The van der Waals surface area contributed by atoms with Crippen molar-refractivity contribution >= 4 is 5.96 Å². The highest BCUT2D eigenvalue weighted by atomic mass is 16.5. The summed E-state index contributed by atoms with van der Waals surface area (Å²) in [5, 5.41) is 6.94. The van der Waals surface area contributed by atoms with E-state index in [9.17, 15) is 0 Å². The fourth-order valence-electron chi connectivity index (χ4n) is 3.73. The van der Waals surface area contributed by atoms with E-state index in [1.165, 1.54) is 5.56 Å². The Kier molecular flexibility index (Phi) is 7.94. The van der Waals surface area contributed by atoms with Gasteiger partial charge in [0.25, 0.3) is 0 Å². The molecule has 0 radical (unpaired) electrons. The number of benzene rings is 2. The van der Waals surface area contributed by atoms with E-state index < -0.39 is 0 Å². The van der Waals surface area contributed by atoms with Crippen LogP contribution in [0.1, 0.15) is 26.7 Å². The number of hydrogen-bond acceptors (Lipinski definition) is 3. The van der Waals surface area contributed by atoms with E-state index in [4.69, 9.17) is 4.74 Å². The molecule has 1 aliphatic heterocycles. The van der Waals surface area contributed by atoms with Crippen LogP contribution in [0.4, 0.5) is 0 Å². The van der Waals surface area contributed by atoms with Crippen LogP contribution in [0, 0.1) is 0 Å². The minimum atomic E-state index is 0.482. The molecular formula is C24H34N4O. The Labute approximate surface area is 175 Å². The molecule has 2 N–H and O–H groups in total. The normalized spacial score (nSPS) is 16.1. The Bertz CT molecular complexity index is 767. The van der Waals surface area contributed by atoms with Gasteiger partial charge in [0.2, 0.25) is 0 Å². The average Bonchev–Trinajstić information content (AvgIpc) is 2.77. The summed E-state index contributed by atoms with van der Waals surface area (Å²) in [6.45, 7) is 8.11. The zero-order chi connectivity index (χ0) is 20.5. The molecule has 3 rings (SSSR count). The van der Waals surface area contributed by atoms with Gasteiger partial charge in [-0.15, -0.1) is 0 Å². The van der Waals surface area contributed by atoms with Crippen LogP contribution in [0.5, 0.6) is 5.75 Å². The van der Waals surface area contributed by atoms with Crippen molar-refractivity contribution in [3.05, 3.63) is 54.6 Å². The SMILES string of the molecule is CN=C(NCCOc1ccccc1-c1ccccc1)NC1CCN(C(C)C)CC1. The average molecular weight is 395 g/mol. The minimum Gasteiger partial charge on any atom is -0.491 e. The summed E-state index contributed by atoms with van der Waals surface area (Å²) in [7, 11) is 1.82. The number of nitrogens with zero attached hydrogens (tertiary/aromatic N) is 2. The smallest absolute Gasteiger partial charge is 0.191 e. The van der Waals surface area contributed by atoms with Crippen LogP contribution in [0.3, 0.4) is 0 Å². The van der Waals surface area contributed by atoms with Crippen molar-refractivity contribution < 1.29 is 4.74 Å². The lowest BCUT2D eigenvalue weighted by Crippen LogP contribution is -2.50. The van der Waals surface area contributed by atoms with Crippen molar-refractivity contribution in [1.82, 2.24) is 15.5 Å². The highest BCUT2D eigenvalue weighted by Gasteiger charge is 2.21. The molecule has 5 nitrogen and oxygen atoms in total. The summed E-state index contributed by atoms with van der Waals surface area (Å²) < 4.78 is 6.06. The van der Waals surface area contributed by atoms with Gasteiger partial charge in [-0.3, -0.25) is 4.99 Å². The molecule has 1 heterocycles. The minimum absolute atomic E-state index is 0.482. The summed E-state index contributed by atoms with van der Waals surface area (Å²) in [5.41, 5.74) is 2.29. The van der Waals surface area contributed by atoms with Crippen LogP contribution in [0.2, 0.25) is 0 Å². The number of piperidine rings is 1. The molecule has 0 aliphatic carbocycles. The second-order valence-electron chi connectivity index (χ2n) is 7.76. The second-order valence-corrected chi connectivity index (χ2v) is 7.76. The maximum absolute atomic E-state index is 6.06. The quantitative estimate of drug-likeness (QED) is 0.426. The summed E-state index contributed by atoms with van der Waals surface area (Å²) in [6, 6.07) is 19.6. The highest BCUT2D eigenvalue weighted by molar-refractivity contribution is 5.80. The standard InChI is InChI=1S/C24H34N4O/c1-19(2)28-16-13-21(14-17-28)27-24(25-3)26-15-18-29-23-12-8-7-11-22(23)20-9-5-4-6-10-20/h4-12,19,21H,13-18H2,1-3H3,(H2,25,26,27). The molecule has 0 saturated carbocycles. The Balaban J connectivity index is 1.44. The van der Waals surface area contributed by atoms with E-state index in [-0.39, 0.29) is 0 Å². The van der Waals surface area contributed by atoms with Crippen LogP contribution in [-0.2, 0) is 0 Å². The van der Waals surface area contributed by atoms with Gasteiger partial charge >= 0.3 is 0 Å². The molecule has 0 aromatic heterocycles. The van der Waals surface area contributed by atoms with Crippen LogP contribution in [0.15, 0.2) is 59.6 Å². The fourth-order valence-corrected chi connectivity index (χ4v) is 3.73. The molecule has 1 fully saturated rings. The number of aliphatic imine (C=N–C) groups is 1. The molecule has 0 unspecified atom stereocenters. The van der Waals surface area contributed by atoms with Gasteiger partial charge in [-0.1, -0.05) is 48.5 Å². The molecule has 156 valence electrons. The van der Waals surface area contributed by atoms with Gasteiger partial charge in [0.15, 0.2) is 5.96 Å². The molecular weight excluding hydrogens is 360 g/mol. The zero-order valence-electron chi connectivity index (χ0n) is 17.9. The Morgan fingerprint density at radius 2 is 1.76 bits per heavy atom. The summed E-state index contributed by atoms with van der Waals surface area (Å²) >= 11 is 0. The third-order valence-corrected chi connectivity index (χ3v) is 5.45. The van der Waals surface area contributed by atoms with Gasteiger partial charge in [0.05, 0.1) is 6.54 Å². The topological polar surface area (TPSA) is 48.9 Å². The largest absolute Gasteiger partial charge is 0.491 e. The van der Waals surface area contributed by atoms with E-state index in [0.29, 0.717) is 25.2 Å². The van der Waals surface area contributed by atoms with Crippen molar-refractivity contribution in [2.24, 2.45) is 4.99 Å². The first-order valence-corrected chi connectivity index (χ1v) is 10.7. The van der Waals surface area contributed by atoms with E-state index >= 15 is 0 Å². The molecule has 2 aromatic rings. The van der Waals surface area contributed by atoms with Gasteiger partial charge in [-0.25, -0.2) is 0 Å². The molecule has 0 atom stereocenters. The molecule has 0 bridgehead atoms. The molecule has 0 amide bonds. The lowest BCUT2D eigenvalue weighted by Gasteiger charge is -2.35. The van der Waals surface area contributed by atoms with Crippen molar-refractivity contribution in [3.63, 3.8) is 0 Å². The Morgan fingerprint density at radius 1 is 1.07 bits per heavy atom. The summed E-state index contributed by atoms with van der Waals surface area (Å²) in [6.07, 6.45) is 2.31. The lowest BCUT2D eigenvalue weighted by atomic mass is 10.0. The molecule has 29 heavy (non-hydrogen) atoms. The van der Waals surface area contributed by atoms with Gasteiger partial charge in [-0.2, -0.15) is 0 Å². The second kappa shape index (κ2) is 10.9. The van der Waals surface area contributed by atoms with E-state index in [1.807, 2.05) is 31.3 Å². The fraction of sp³-hybridized carbons (Fsp3) is 0.458. The third-order valence-electron chi connectivity index (χ3n) is 5.45. The van der Waals surface area contributed by atoms with Gasteiger partial charge in [-0.05, 0) is 38.3 Å². The van der Waals surface area contributed by atoms with E-state index in [0.717, 1.165) is 43.2 Å². The van der Waals surface area contributed by atoms with Crippen LogP contribution >= 0.6 is 0 Å². The van der Waals surface area contributed by atoms with Crippen LogP contribution < -0.4 is 15.4 Å². The van der Waals surface area contributed by atoms with Crippen LogP contribution in [-0.4, -0.2) is 56.2 Å². The Hall–Kier alpha value is -2.53. The molecule has 1 saturated heterocycles. The zero-order valence-corrected chi connectivity index (χ0v) is 17.9. The molecule has 5 heteroatoms. The molecule has 0 spiro atoms. The monoisotopic (exact) mass is 394 g/mol. The summed E-state index contributed by atoms with van der Waals surface area (Å²) in [4.78, 5) is 6.91. The lowest BCUT2D eigenvalue weighted by molar-refractivity contribution is 0.167. The molecule has 1 aliphatic rings. The highest BCUT2D eigenvalue weighted by Crippen LogP contribution is 2.29. The van der Waals surface area contributed by atoms with Gasteiger partial charge in [0.1, 0.15) is 12.4 Å². The molecule has 2 aromatic carbocycles. The van der Waals surface area contributed by atoms with Crippen molar-refractivity contribution in [3.8, 4) is 16.9 Å². The van der Waals surface area contributed by atoms with Crippen molar-refractivity contribution in [2.75, 3.05) is 33.3 Å². The van der Waals surface area contributed by atoms with Crippen LogP contribution in [0.25, 0.3) is 11.1 Å². The van der Waals surface area contributed by atoms with Gasteiger partial charge in [0, 0.05) is 37.8 Å². The first-order chi connectivity index (χ1) is 14.2. The number of rotatable bonds is 7. The predicted molar refractivity (Wildman–Crippen MR) is 122 cm³/mol. The van der Waals surface area contributed by atoms with E-state index in [2.05, 4.69) is 64.7 Å². The van der Waals surface area contributed by atoms with Crippen molar-refractivity contribution in [1.29, 1.82) is 0 Å². The number of para-hydroxylation sites is 1. The first-order valence-electron chi connectivity index (χ1n) is 10.7. The summed E-state index contributed by atoms with van der Waals surface area (Å²) in [5.74, 6) is 1.76. The van der Waals surface area contributed by atoms with E-state index in [1.54, 1.807) is 0 Å². The van der Waals surface area contributed by atoms with Gasteiger partial charge < -0.3 is 20.3 Å². The number of ether oxygens (including phenoxy) is 1. The number of likely N-dealkylation sites (tertiary alicyclic amines) is 1. The van der Waals surface area contributed by atoms with Crippen molar-refractivity contribution in [2.45, 2.75) is 38.8 Å². The maximum Gasteiger partial charge on any atom is 0.191 e. The first kappa shape index (κ1) is 21.2. The number of nitrogens with one attached hydrogen (secondary N) is 2. The third kappa shape index (κ3) is 6.23. The number of hydrogen-bond donors (Lipinski definition) is 2.